The van der Waals surface area contributed by atoms with Gasteiger partial charge in [-0.05, 0) is 48.8 Å². The monoisotopic (exact) mass is 399 g/mol. The van der Waals surface area contributed by atoms with Crippen molar-refractivity contribution in [3.8, 4) is 0 Å². The standard InChI is InChI=1S/C20H25N5O4/c1-11-7-19(2,3)10-20(8-11)16(27)25(18(29)24-20)9-15(26)21-12-4-5-13-14(6-12)23-17(28)22-13/h4-6,11H,7-10H2,1-3H3,(H,21,26)(H,24,29)(H2,22,23,28). The van der Waals surface area contributed by atoms with Gasteiger partial charge in [-0.1, -0.05) is 20.8 Å². The first-order valence-corrected chi connectivity index (χ1v) is 9.73. The molecule has 1 aromatic heterocycles. The summed E-state index contributed by atoms with van der Waals surface area (Å²) in [7, 11) is 0. The normalized spacial score (nSPS) is 26.2. The van der Waals surface area contributed by atoms with Crippen molar-refractivity contribution in [2.24, 2.45) is 11.3 Å². The Kier molecular flexibility index (Phi) is 4.29. The maximum Gasteiger partial charge on any atom is 0.325 e. The van der Waals surface area contributed by atoms with Crippen LogP contribution in [0.2, 0.25) is 0 Å². The molecule has 2 aliphatic rings. The third-order valence-corrected chi connectivity index (χ3v) is 5.73. The molecule has 1 spiro atoms. The molecule has 2 atom stereocenters. The first-order chi connectivity index (χ1) is 13.6. The van der Waals surface area contributed by atoms with Gasteiger partial charge in [0.2, 0.25) is 5.91 Å². The molecular weight excluding hydrogens is 374 g/mol. The van der Waals surface area contributed by atoms with E-state index in [9.17, 15) is 19.2 Å². The van der Waals surface area contributed by atoms with Crippen LogP contribution in [-0.4, -0.2) is 44.8 Å². The predicted octanol–water partition coefficient (Wildman–Crippen LogP) is 1.93. The van der Waals surface area contributed by atoms with Crippen molar-refractivity contribution in [3.05, 3.63) is 28.7 Å². The van der Waals surface area contributed by atoms with Gasteiger partial charge in [-0.3, -0.25) is 14.5 Å². The number of anilines is 1. The average molecular weight is 399 g/mol. The van der Waals surface area contributed by atoms with Crippen LogP contribution >= 0.6 is 0 Å². The van der Waals surface area contributed by atoms with Crippen LogP contribution in [0, 0.1) is 11.3 Å². The van der Waals surface area contributed by atoms with Crippen molar-refractivity contribution in [2.45, 2.75) is 45.6 Å². The number of carbonyl (C=O) groups is 3. The van der Waals surface area contributed by atoms with E-state index in [0.29, 0.717) is 35.5 Å². The molecule has 4 N–H and O–H groups in total. The van der Waals surface area contributed by atoms with Gasteiger partial charge >= 0.3 is 11.7 Å². The second kappa shape index (κ2) is 6.47. The largest absolute Gasteiger partial charge is 0.325 e. The zero-order chi connectivity index (χ0) is 21.0. The lowest BCUT2D eigenvalue weighted by Crippen LogP contribution is -2.54. The lowest BCUT2D eigenvalue weighted by Gasteiger charge is -2.43. The zero-order valence-corrected chi connectivity index (χ0v) is 16.7. The Morgan fingerprint density at radius 1 is 1.17 bits per heavy atom. The van der Waals surface area contributed by atoms with Gasteiger partial charge in [0, 0.05) is 5.69 Å². The highest BCUT2D eigenvalue weighted by atomic mass is 16.2. The highest BCUT2D eigenvalue weighted by Crippen LogP contribution is 2.46. The fourth-order valence-electron chi connectivity index (χ4n) is 5.10. The number of urea groups is 1. The number of nitrogens with zero attached hydrogens (tertiary/aromatic N) is 1. The van der Waals surface area contributed by atoms with Gasteiger partial charge in [0.25, 0.3) is 5.91 Å². The quantitative estimate of drug-likeness (QED) is 0.588. The molecule has 1 saturated carbocycles. The van der Waals surface area contributed by atoms with Gasteiger partial charge < -0.3 is 20.6 Å². The van der Waals surface area contributed by atoms with Crippen LogP contribution in [0.25, 0.3) is 11.0 Å². The lowest BCUT2D eigenvalue weighted by molar-refractivity contribution is -0.136. The summed E-state index contributed by atoms with van der Waals surface area (Å²) in [5.41, 5.74) is 0.312. The number of benzene rings is 1. The molecule has 4 amide bonds. The smallest absolute Gasteiger partial charge is 0.324 e. The van der Waals surface area contributed by atoms with E-state index in [1.165, 1.54) is 0 Å². The molecule has 2 heterocycles. The number of imidazole rings is 1. The van der Waals surface area contributed by atoms with Crippen molar-refractivity contribution >= 4 is 34.6 Å². The Morgan fingerprint density at radius 2 is 1.90 bits per heavy atom. The number of amides is 4. The minimum Gasteiger partial charge on any atom is -0.324 e. The van der Waals surface area contributed by atoms with E-state index in [1.807, 2.05) is 0 Å². The molecule has 0 bridgehead atoms. The fourth-order valence-corrected chi connectivity index (χ4v) is 5.10. The van der Waals surface area contributed by atoms with Gasteiger partial charge in [-0.25, -0.2) is 9.59 Å². The van der Waals surface area contributed by atoms with Crippen molar-refractivity contribution in [3.63, 3.8) is 0 Å². The second-order valence-corrected chi connectivity index (χ2v) is 9.15. The summed E-state index contributed by atoms with van der Waals surface area (Å²) in [6.07, 6.45) is 2.13. The van der Waals surface area contributed by atoms with Crippen LogP contribution < -0.4 is 16.3 Å². The number of H-pyrrole nitrogens is 2. The summed E-state index contributed by atoms with van der Waals surface area (Å²) in [6, 6.07) is 4.39. The minimum atomic E-state index is -0.929. The van der Waals surface area contributed by atoms with Gasteiger partial charge in [-0.2, -0.15) is 0 Å². The van der Waals surface area contributed by atoms with Crippen molar-refractivity contribution in [1.82, 2.24) is 20.2 Å². The Labute approximate surface area is 167 Å². The molecule has 1 aliphatic carbocycles. The fraction of sp³-hybridized carbons (Fsp3) is 0.500. The number of imide groups is 1. The molecule has 4 rings (SSSR count). The molecule has 2 unspecified atom stereocenters. The number of rotatable bonds is 3. The highest BCUT2D eigenvalue weighted by molar-refractivity contribution is 6.10. The van der Waals surface area contributed by atoms with Crippen molar-refractivity contribution in [1.29, 1.82) is 0 Å². The SMILES string of the molecule is CC1CC(C)(C)CC2(C1)NC(=O)N(CC(=O)Nc1ccc3[nH]c(=O)[nH]c3c1)C2=O. The topological polar surface area (TPSA) is 127 Å². The summed E-state index contributed by atoms with van der Waals surface area (Å²) in [6.45, 7) is 5.92. The molecule has 0 radical (unpaired) electrons. The molecular formula is C20H25N5O4. The van der Waals surface area contributed by atoms with Crippen LogP contribution in [-0.2, 0) is 9.59 Å². The number of nitrogens with one attached hydrogen (secondary N) is 4. The molecule has 2 fully saturated rings. The summed E-state index contributed by atoms with van der Waals surface area (Å²) in [4.78, 5) is 55.7. The van der Waals surface area contributed by atoms with E-state index in [1.54, 1.807) is 18.2 Å². The second-order valence-electron chi connectivity index (χ2n) is 9.15. The summed E-state index contributed by atoms with van der Waals surface area (Å²) in [5, 5.41) is 5.54. The number of aromatic amines is 2. The Bertz CT molecular complexity index is 1070. The molecule has 1 saturated heterocycles. The van der Waals surface area contributed by atoms with Gasteiger partial charge in [0.15, 0.2) is 0 Å². The number of hydrogen-bond acceptors (Lipinski definition) is 4. The number of fused-ring (bicyclic) bond motifs is 1. The molecule has 154 valence electrons. The van der Waals surface area contributed by atoms with Gasteiger partial charge in [0.1, 0.15) is 12.1 Å². The lowest BCUT2D eigenvalue weighted by atomic mass is 9.64. The average Bonchev–Trinajstić information content (AvgIpc) is 3.04. The zero-order valence-electron chi connectivity index (χ0n) is 16.7. The van der Waals surface area contributed by atoms with E-state index in [-0.39, 0.29) is 23.6 Å². The molecule has 1 aromatic carbocycles. The van der Waals surface area contributed by atoms with Crippen molar-refractivity contribution < 1.29 is 14.4 Å². The summed E-state index contributed by atoms with van der Waals surface area (Å²) >= 11 is 0. The van der Waals surface area contributed by atoms with E-state index >= 15 is 0 Å². The molecule has 29 heavy (non-hydrogen) atoms. The maximum absolute atomic E-state index is 13.1. The van der Waals surface area contributed by atoms with Crippen LogP contribution in [0.1, 0.15) is 40.0 Å². The third-order valence-electron chi connectivity index (χ3n) is 5.73. The Hall–Kier alpha value is -3.10. The summed E-state index contributed by atoms with van der Waals surface area (Å²) in [5.74, 6) is -0.513. The molecule has 9 nitrogen and oxygen atoms in total. The molecule has 9 heteroatoms. The third kappa shape index (κ3) is 3.52. The van der Waals surface area contributed by atoms with Crippen molar-refractivity contribution in [2.75, 3.05) is 11.9 Å². The highest BCUT2D eigenvalue weighted by Gasteiger charge is 2.56. The number of carbonyl (C=O) groups excluding carboxylic acids is 3. The van der Waals surface area contributed by atoms with Crippen LogP contribution in [0.4, 0.5) is 10.5 Å². The maximum atomic E-state index is 13.1. The van der Waals surface area contributed by atoms with E-state index in [2.05, 4.69) is 41.4 Å². The predicted molar refractivity (Wildman–Crippen MR) is 107 cm³/mol. The van der Waals surface area contributed by atoms with E-state index < -0.39 is 17.5 Å². The Morgan fingerprint density at radius 3 is 2.62 bits per heavy atom. The number of aromatic nitrogens is 2. The van der Waals surface area contributed by atoms with Crippen LogP contribution in [0.3, 0.4) is 0 Å². The molecule has 2 aromatic rings. The minimum absolute atomic E-state index is 0.0677. The van der Waals surface area contributed by atoms with Gasteiger partial charge in [-0.15, -0.1) is 0 Å². The first kappa shape index (κ1) is 19.2. The number of hydrogen-bond donors (Lipinski definition) is 4. The van der Waals surface area contributed by atoms with Gasteiger partial charge in [0.05, 0.1) is 11.0 Å². The van der Waals surface area contributed by atoms with Crippen LogP contribution in [0.5, 0.6) is 0 Å². The Balaban J connectivity index is 1.48. The first-order valence-electron chi connectivity index (χ1n) is 9.73. The summed E-state index contributed by atoms with van der Waals surface area (Å²) < 4.78 is 0. The van der Waals surface area contributed by atoms with E-state index in [0.717, 1.165) is 11.3 Å². The molecule has 1 aliphatic heterocycles. The van der Waals surface area contributed by atoms with E-state index in [4.69, 9.17) is 0 Å². The van der Waals surface area contributed by atoms with Crippen LogP contribution in [0.15, 0.2) is 23.0 Å².